The van der Waals surface area contributed by atoms with Gasteiger partial charge in [0.15, 0.2) is 0 Å². The summed E-state index contributed by atoms with van der Waals surface area (Å²) >= 11 is 0. The number of hydrazine groups is 1. The highest BCUT2D eigenvalue weighted by atomic mass is 16.5. The number of ether oxygens (including phenoxy) is 1. The first-order valence-electron chi connectivity index (χ1n) is 6.72. The predicted octanol–water partition coefficient (Wildman–Crippen LogP) is 0.924. The van der Waals surface area contributed by atoms with Gasteiger partial charge in [0.2, 0.25) is 0 Å². The first-order valence-corrected chi connectivity index (χ1v) is 6.72. The smallest absolute Gasteiger partial charge is 0.138 e. The number of aromatic nitrogens is 3. The summed E-state index contributed by atoms with van der Waals surface area (Å²) in [4.78, 5) is 4.28. The molecule has 2 aromatic rings. The van der Waals surface area contributed by atoms with Gasteiger partial charge in [0.25, 0.3) is 0 Å². The van der Waals surface area contributed by atoms with Gasteiger partial charge in [0.1, 0.15) is 17.9 Å². The Morgan fingerprint density at radius 1 is 1.30 bits per heavy atom. The summed E-state index contributed by atoms with van der Waals surface area (Å²) in [5, 5.41) is 4.17. The third-order valence-corrected chi connectivity index (χ3v) is 3.30. The van der Waals surface area contributed by atoms with Crippen LogP contribution in [0.1, 0.15) is 18.3 Å². The predicted molar refractivity (Wildman–Crippen MR) is 77.2 cm³/mol. The lowest BCUT2D eigenvalue weighted by Crippen LogP contribution is -2.39. The van der Waals surface area contributed by atoms with Crippen LogP contribution in [-0.2, 0) is 19.4 Å². The molecule has 0 spiro atoms. The molecular weight excluding hydrogens is 254 g/mol. The largest absolute Gasteiger partial charge is 0.497 e. The fourth-order valence-corrected chi connectivity index (χ4v) is 2.17. The number of methoxy groups -OCH3 is 1. The van der Waals surface area contributed by atoms with Crippen molar-refractivity contribution in [3.05, 3.63) is 42.0 Å². The molecule has 2 rings (SSSR count). The Bertz CT molecular complexity index is 523. The molecule has 0 saturated carbocycles. The van der Waals surface area contributed by atoms with E-state index >= 15 is 0 Å². The number of nitrogens with two attached hydrogens (primary N) is 1. The van der Waals surface area contributed by atoms with Crippen LogP contribution in [0.25, 0.3) is 0 Å². The topological polar surface area (TPSA) is 78.0 Å². The van der Waals surface area contributed by atoms with E-state index in [1.165, 1.54) is 5.56 Å². The third kappa shape index (κ3) is 3.55. The van der Waals surface area contributed by atoms with Crippen LogP contribution >= 0.6 is 0 Å². The monoisotopic (exact) mass is 275 g/mol. The molecule has 0 aliphatic rings. The molecule has 1 unspecified atom stereocenters. The maximum Gasteiger partial charge on any atom is 0.138 e. The molecule has 20 heavy (non-hydrogen) atoms. The molecule has 3 N–H and O–H groups in total. The lowest BCUT2D eigenvalue weighted by molar-refractivity contribution is 0.414. The van der Waals surface area contributed by atoms with E-state index < -0.39 is 0 Å². The van der Waals surface area contributed by atoms with Crippen molar-refractivity contribution in [2.45, 2.75) is 32.4 Å². The zero-order valence-corrected chi connectivity index (χ0v) is 11.9. The lowest BCUT2D eigenvalue weighted by atomic mass is 10.0. The standard InChI is InChI=1S/C14H21N5O/c1-3-19-14(16-10-17-19)9-12(18-15)8-11-4-6-13(20-2)7-5-11/h4-7,10,12,18H,3,8-9,15H2,1-2H3. The second kappa shape index (κ2) is 7.02. The summed E-state index contributed by atoms with van der Waals surface area (Å²) in [7, 11) is 1.66. The fraction of sp³-hybridized carbons (Fsp3) is 0.429. The van der Waals surface area contributed by atoms with Crippen molar-refractivity contribution < 1.29 is 4.74 Å². The Morgan fingerprint density at radius 3 is 2.65 bits per heavy atom. The number of nitrogens with one attached hydrogen (secondary N) is 1. The minimum absolute atomic E-state index is 0.123. The van der Waals surface area contributed by atoms with Crippen LogP contribution in [0.3, 0.4) is 0 Å². The summed E-state index contributed by atoms with van der Waals surface area (Å²) in [5.74, 6) is 7.46. The summed E-state index contributed by atoms with van der Waals surface area (Å²) < 4.78 is 7.04. The molecule has 0 bridgehead atoms. The van der Waals surface area contributed by atoms with Crippen LogP contribution in [0.2, 0.25) is 0 Å². The average molecular weight is 275 g/mol. The Labute approximate surface area is 118 Å². The van der Waals surface area contributed by atoms with Gasteiger partial charge in [-0.15, -0.1) is 0 Å². The zero-order valence-electron chi connectivity index (χ0n) is 11.9. The van der Waals surface area contributed by atoms with E-state index in [2.05, 4.69) is 15.5 Å². The third-order valence-electron chi connectivity index (χ3n) is 3.30. The number of rotatable bonds is 7. The first kappa shape index (κ1) is 14.5. The van der Waals surface area contributed by atoms with Crippen molar-refractivity contribution in [1.29, 1.82) is 0 Å². The van der Waals surface area contributed by atoms with E-state index in [4.69, 9.17) is 10.6 Å². The Morgan fingerprint density at radius 2 is 2.05 bits per heavy atom. The maximum atomic E-state index is 5.65. The molecule has 1 aromatic heterocycles. The van der Waals surface area contributed by atoms with Gasteiger partial charge in [-0.25, -0.2) is 4.98 Å². The van der Waals surface area contributed by atoms with Gasteiger partial charge < -0.3 is 4.74 Å². The fourth-order valence-electron chi connectivity index (χ4n) is 2.17. The highest BCUT2D eigenvalue weighted by molar-refractivity contribution is 5.27. The SMILES string of the molecule is CCn1ncnc1CC(Cc1ccc(OC)cc1)NN. The normalized spacial score (nSPS) is 12.3. The highest BCUT2D eigenvalue weighted by Crippen LogP contribution is 2.13. The summed E-state index contributed by atoms with van der Waals surface area (Å²) in [6.45, 7) is 2.86. The molecule has 108 valence electrons. The van der Waals surface area contributed by atoms with Crippen LogP contribution in [0, 0.1) is 0 Å². The molecule has 0 radical (unpaired) electrons. The van der Waals surface area contributed by atoms with E-state index in [9.17, 15) is 0 Å². The van der Waals surface area contributed by atoms with Crippen LogP contribution in [0.5, 0.6) is 5.75 Å². The highest BCUT2D eigenvalue weighted by Gasteiger charge is 2.13. The summed E-state index contributed by atoms with van der Waals surface area (Å²) in [6.07, 6.45) is 3.16. The van der Waals surface area contributed by atoms with Crippen LogP contribution in [0.15, 0.2) is 30.6 Å². The number of benzene rings is 1. The molecule has 0 aliphatic carbocycles. The van der Waals surface area contributed by atoms with E-state index in [0.29, 0.717) is 0 Å². The maximum absolute atomic E-state index is 5.65. The van der Waals surface area contributed by atoms with Crippen LogP contribution < -0.4 is 16.0 Å². The summed E-state index contributed by atoms with van der Waals surface area (Å²) in [5.41, 5.74) is 4.06. The molecule has 1 atom stereocenters. The molecule has 0 fully saturated rings. The van der Waals surface area contributed by atoms with Crippen LogP contribution in [-0.4, -0.2) is 27.9 Å². The van der Waals surface area contributed by atoms with Crippen molar-refractivity contribution in [2.75, 3.05) is 7.11 Å². The van der Waals surface area contributed by atoms with E-state index in [-0.39, 0.29) is 6.04 Å². The van der Waals surface area contributed by atoms with Gasteiger partial charge in [-0.1, -0.05) is 12.1 Å². The zero-order chi connectivity index (χ0) is 14.4. The Kier molecular flexibility index (Phi) is 5.09. The molecule has 1 aromatic carbocycles. The van der Waals surface area contributed by atoms with Gasteiger partial charge in [-0.3, -0.25) is 16.0 Å². The van der Waals surface area contributed by atoms with Crippen molar-refractivity contribution in [1.82, 2.24) is 20.2 Å². The molecular formula is C14H21N5O. The van der Waals surface area contributed by atoms with Crippen molar-refractivity contribution in [3.63, 3.8) is 0 Å². The van der Waals surface area contributed by atoms with Gasteiger partial charge in [-0.2, -0.15) is 5.10 Å². The lowest BCUT2D eigenvalue weighted by Gasteiger charge is -2.16. The Hall–Kier alpha value is -1.92. The van der Waals surface area contributed by atoms with E-state index in [1.54, 1.807) is 13.4 Å². The van der Waals surface area contributed by atoms with E-state index in [0.717, 1.165) is 31.0 Å². The van der Waals surface area contributed by atoms with Gasteiger partial charge in [0, 0.05) is 19.0 Å². The molecule has 6 heteroatoms. The number of hydrogen-bond donors (Lipinski definition) is 2. The van der Waals surface area contributed by atoms with Crippen molar-refractivity contribution >= 4 is 0 Å². The van der Waals surface area contributed by atoms with Crippen molar-refractivity contribution in [2.24, 2.45) is 5.84 Å². The van der Waals surface area contributed by atoms with Crippen molar-refractivity contribution in [3.8, 4) is 5.75 Å². The van der Waals surface area contributed by atoms with E-state index in [1.807, 2.05) is 35.9 Å². The minimum Gasteiger partial charge on any atom is -0.497 e. The molecule has 0 saturated heterocycles. The molecule has 0 aliphatic heterocycles. The molecule has 1 heterocycles. The summed E-state index contributed by atoms with van der Waals surface area (Å²) in [6, 6.07) is 8.13. The van der Waals surface area contributed by atoms with Crippen LogP contribution in [0.4, 0.5) is 0 Å². The van der Waals surface area contributed by atoms with Gasteiger partial charge in [0.05, 0.1) is 7.11 Å². The number of hydrogen-bond acceptors (Lipinski definition) is 5. The number of nitrogens with zero attached hydrogens (tertiary/aromatic N) is 3. The van der Waals surface area contributed by atoms with Gasteiger partial charge in [-0.05, 0) is 31.0 Å². The second-order valence-electron chi connectivity index (χ2n) is 4.61. The average Bonchev–Trinajstić information content (AvgIpc) is 2.94. The van der Waals surface area contributed by atoms with Gasteiger partial charge >= 0.3 is 0 Å². The second-order valence-corrected chi connectivity index (χ2v) is 4.61. The minimum atomic E-state index is 0.123. The Balaban J connectivity index is 2.01. The first-order chi connectivity index (χ1) is 9.76. The number of aryl methyl sites for hydroxylation is 1. The quantitative estimate of drug-likeness (QED) is 0.580. The molecule has 6 nitrogen and oxygen atoms in total. The molecule has 0 amide bonds.